The largest absolute Gasteiger partial charge is 0.394 e. The molecule has 0 saturated carbocycles. The van der Waals surface area contributed by atoms with Crippen LogP contribution in [-0.4, -0.2) is 29.5 Å². The summed E-state index contributed by atoms with van der Waals surface area (Å²) in [5, 5.41) is 13.1. The van der Waals surface area contributed by atoms with Crippen LogP contribution in [0.1, 0.15) is 39.5 Å². The minimum absolute atomic E-state index is 0.154. The molecule has 20 heavy (non-hydrogen) atoms. The van der Waals surface area contributed by atoms with Crippen LogP contribution in [0.2, 0.25) is 0 Å². The predicted molar refractivity (Wildman–Crippen MR) is 84.8 cm³/mol. The Kier molecular flexibility index (Phi) is 8.19. The van der Waals surface area contributed by atoms with E-state index in [4.69, 9.17) is 0 Å². The van der Waals surface area contributed by atoms with Gasteiger partial charge in [-0.1, -0.05) is 19.9 Å². The number of rotatable bonds is 10. The Morgan fingerprint density at radius 3 is 2.75 bits per heavy atom. The van der Waals surface area contributed by atoms with Crippen molar-refractivity contribution in [3.63, 3.8) is 0 Å². The molecule has 1 aromatic rings. The zero-order valence-electron chi connectivity index (χ0n) is 12.5. The molecule has 114 valence electrons. The van der Waals surface area contributed by atoms with Gasteiger partial charge in [0.05, 0.1) is 6.61 Å². The lowest BCUT2D eigenvalue weighted by Gasteiger charge is -2.32. The lowest BCUT2D eigenvalue weighted by atomic mass is 9.91. The average molecular weight is 299 g/mol. The van der Waals surface area contributed by atoms with Crippen molar-refractivity contribution in [2.45, 2.75) is 50.0 Å². The molecule has 0 radical (unpaired) electrons. The summed E-state index contributed by atoms with van der Waals surface area (Å²) >= 11 is 1.67. The van der Waals surface area contributed by atoms with Gasteiger partial charge in [-0.25, -0.2) is 4.39 Å². The Balaban J connectivity index is 2.37. The highest BCUT2D eigenvalue weighted by molar-refractivity contribution is 7.99. The number of hydrogen-bond acceptors (Lipinski definition) is 3. The van der Waals surface area contributed by atoms with Crippen molar-refractivity contribution in [1.82, 2.24) is 5.32 Å². The summed E-state index contributed by atoms with van der Waals surface area (Å²) in [5.74, 6) is 0.761. The third-order valence-electron chi connectivity index (χ3n) is 3.59. The first-order valence-electron chi connectivity index (χ1n) is 7.40. The number of halogens is 1. The van der Waals surface area contributed by atoms with Gasteiger partial charge in [-0.15, -0.1) is 11.8 Å². The molecule has 0 heterocycles. The van der Waals surface area contributed by atoms with Gasteiger partial charge >= 0.3 is 0 Å². The van der Waals surface area contributed by atoms with Crippen LogP contribution in [0.5, 0.6) is 0 Å². The van der Waals surface area contributed by atoms with Crippen LogP contribution in [0, 0.1) is 5.82 Å². The minimum Gasteiger partial charge on any atom is -0.394 e. The number of hydrogen-bond donors (Lipinski definition) is 2. The van der Waals surface area contributed by atoms with E-state index in [9.17, 15) is 9.50 Å². The van der Waals surface area contributed by atoms with E-state index in [1.54, 1.807) is 23.9 Å². The van der Waals surface area contributed by atoms with Crippen molar-refractivity contribution in [3.05, 3.63) is 30.1 Å². The van der Waals surface area contributed by atoms with Gasteiger partial charge in [0.2, 0.25) is 0 Å². The van der Waals surface area contributed by atoms with E-state index < -0.39 is 0 Å². The second kappa shape index (κ2) is 9.37. The average Bonchev–Trinajstić information content (AvgIpc) is 2.47. The molecular weight excluding hydrogens is 273 g/mol. The van der Waals surface area contributed by atoms with E-state index in [1.807, 2.05) is 6.07 Å². The molecular formula is C16H26FNOS. The van der Waals surface area contributed by atoms with Gasteiger partial charge < -0.3 is 10.4 Å². The van der Waals surface area contributed by atoms with Crippen molar-refractivity contribution < 1.29 is 9.50 Å². The van der Waals surface area contributed by atoms with E-state index in [1.165, 1.54) is 6.07 Å². The second-order valence-electron chi connectivity index (χ2n) is 5.13. The fraction of sp³-hybridized carbons (Fsp3) is 0.625. The molecule has 1 unspecified atom stereocenters. The standard InChI is InChI=1S/C16H26FNOS/c1-3-10-18-16(4-2,13-19)9-6-11-20-15-8-5-7-14(17)12-15/h5,7-8,12,18-19H,3-4,6,9-11,13H2,1-2H3. The topological polar surface area (TPSA) is 32.3 Å². The Hall–Kier alpha value is -0.580. The normalized spacial score (nSPS) is 14.2. The zero-order valence-corrected chi connectivity index (χ0v) is 13.3. The fourth-order valence-corrected chi connectivity index (χ4v) is 3.08. The van der Waals surface area contributed by atoms with Gasteiger partial charge in [0.25, 0.3) is 0 Å². The number of nitrogens with one attached hydrogen (secondary N) is 1. The van der Waals surface area contributed by atoms with E-state index in [2.05, 4.69) is 19.2 Å². The molecule has 1 aromatic carbocycles. The first-order chi connectivity index (χ1) is 9.65. The van der Waals surface area contributed by atoms with Gasteiger partial charge in [-0.05, 0) is 56.2 Å². The summed E-state index contributed by atoms with van der Waals surface area (Å²) in [6, 6.07) is 6.71. The van der Waals surface area contributed by atoms with Gasteiger partial charge in [0.1, 0.15) is 5.82 Å². The quantitative estimate of drug-likeness (QED) is 0.508. The minimum atomic E-state index is -0.183. The van der Waals surface area contributed by atoms with Crippen LogP contribution < -0.4 is 5.32 Å². The van der Waals surface area contributed by atoms with Crippen LogP contribution in [0.15, 0.2) is 29.2 Å². The van der Waals surface area contributed by atoms with Crippen LogP contribution >= 0.6 is 11.8 Å². The first kappa shape index (κ1) is 17.5. The molecule has 0 saturated heterocycles. The van der Waals surface area contributed by atoms with Crippen molar-refractivity contribution >= 4 is 11.8 Å². The predicted octanol–water partition coefficient (Wildman–Crippen LogP) is 3.84. The Morgan fingerprint density at radius 2 is 2.15 bits per heavy atom. The maximum absolute atomic E-state index is 13.1. The zero-order chi connectivity index (χ0) is 14.8. The lowest BCUT2D eigenvalue weighted by Crippen LogP contribution is -2.48. The second-order valence-corrected chi connectivity index (χ2v) is 6.30. The molecule has 0 aromatic heterocycles. The molecule has 0 amide bonds. The van der Waals surface area contributed by atoms with Crippen LogP contribution in [0.25, 0.3) is 0 Å². The van der Waals surface area contributed by atoms with E-state index in [-0.39, 0.29) is 18.0 Å². The molecule has 0 aliphatic heterocycles. The fourth-order valence-electron chi connectivity index (χ4n) is 2.18. The summed E-state index contributed by atoms with van der Waals surface area (Å²) in [4.78, 5) is 0.970. The van der Waals surface area contributed by atoms with Crippen molar-refractivity contribution in [2.75, 3.05) is 18.9 Å². The van der Waals surface area contributed by atoms with E-state index in [0.29, 0.717) is 0 Å². The smallest absolute Gasteiger partial charge is 0.124 e. The first-order valence-corrected chi connectivity index (χ1v) is 8.38. The molecule has 2 N–H and O–H groups in total. The number of aliphatic hydroxyl groups excluding tert-OH is 1. The maximum Gasteiger partial charge on any atom is 0.124 e. The molecule has 4 heteroatoms. The summed E-state index contributed by atoms with van der Waals surface area (Å²) < 4.78 is 13.1. The Labute approximate surface area is 126 Å². The van der Waals surface area contributed by atoms with E-state index >= 15 is 0 Å². The summed E-state index contributed by atoms with van der Waals surface area (Å²) in [7, 11) is 0. The van der Waals surface area contributed by atoms with Crippen molar-refractivity contribution in [1.29, 1.82) is 0 Å². The SMILES string of the molecule is CCCNC(CC)(CO)CCCSc1cccc(F)c1. The molecule has 0 aliphatic carbocycles. The summed E-state index contributed by atoms with van der Waals surface area (Å²) in [5.41, 5.74) is -0.154. The number of aliphatic hydroxyl groups is 1. The van der Waals surface area contributed by atoms with Crippen LogP contribution in [-0.2, 0) is 0 Å². The maximum atomic E-state index is 13.1. The summed E-state index contributed by atoms with van der Waals surface area (Å²) in [6.07, 6.45) is 3.95. The number of thioether (sulfide) groups is 1. The van der Waals surface area contributed by atoms with Gasteiger partial charge in [-0.2, -0.15) is 0 Å². The van der Waals surface area contributed by atoms with Crippen LogP contribution in [0.4, 0.5) is 4.39 Å². The highest BCUT2D eigenvalue weighted by atomic mass is 32.2. The highest BCUT2D eigenvalue weighted by Gasteiger charge is 2.25. The Morgan fingerprint density at radius 1 is 1.35 bits per heavy atom. The number of benzene rings is 1. The molecule has 2 nitrogen and oxygen atoms in total. The molecule has 1 atom stereocenters. The molecule has 0 fully saturated rings. The van der Waals surface area contributed by atoms with Crippen molar-refractivity contribution in [3.8, 4) is 0 Å². The Bertz CT molecular complexity index is 382. The molecule has 0 aliphatic rings. The lowest BCUT2D eigenvalue weighted by molar-refractivity contribution is 0.146. The van der Waals surface area contributed by atoms with Crippen LogP contribution in [0.3, 0.4) is 0 Å². The molecule has 0 spiro atoms. The molecule has 0 bridgehead atoms. The van der Waals surface area contributed by atoms with Gasteiger partial charge in [0.15, 0.2) is 0 Å². The monoisotopic (exact) mass is 299 g/mol. The molecule has 1 rings (SSSR count). The summed E-state index contributed by atoms with van der Waals surface area (Å²) in [6.45, 7) is 5.35. The van der Waals surface area contributed by atoms with Gasteiger partial charge in [-0.3, -0.25) is 0 Å². The van der Waals surface area contributed by atoms with E-state index in [0.717, 1.165) is 42.9 Å². The third-order valence-corrected chi connectivity index (χ3v) is 4.67. The third kappa shape index (κ3) is 5.81. The van der Waals surface area contributed by atoms with Crippen molar-refractivity contribution in [2.24, 2.45) is 0 Å². The van der Waals surface area contributed by atoms with Gasteiger partial charge in [0, 0.05) is 10.4 Å². The highest BCUT2D eigenvalue weighted by Crippen LogP contribution is 2.23.